The number of hydrogen-bond donors (Lipinski definition) is 0. The number of sulfonamides is 1. The lowest BCUT2D eigenvalue weighted by Gasteiger charge is -2.34. The molecule has 0 bridgehead atoms. The summed E-state index contributed by atoms with van der Waals surface area (Å²) in [5, 5.41) is 3.94. The third-order valence-corrected chi connectivity index (χ3v) is 7.25. The van der Waals surface area contributed by atoms with E-state index in [-0.39, 0.29) is 24.9 Å². The summed E-state index contributed by atoms with van der Waals surface area (Å²) in [6, 6.07) is 7.05. The van der Waals surface area contributed by atoms with E-state index in [0.29, 0.717) is 40.9 Å². The summed E-state index contributed by atoms with van der Waals surface area (Å²) >= 11 is 0. The Morgan fingerprint density at radius 2 is 1.59 bits per heavy atom. The molecule has 0 aliphatic carbocycles. The number of amides is 1. The zero-order chi connectivity index (χ0) is 21.3. The summed E-state index contributed by atoms with van der Waals surface area (Å²) in [7, 11) is -3.57. The fraction of sp³-hybridized carbons (Fsp3) is 0.524. The molecule has 0 atom stereocenters. The summed E-state index contributed by atoms with van der Waals surface area (Å²) in [6.07, 6.45) is 0. The van der Waals surface area contributed by atoms with Crippen molar-refractivity contribution in [3.63, 3.8) is 0 Å². The average Bonchev–Trinajstić information content (AvgIpc) is 3.09. The van der Waals surface area contributed by atoms with E-state index in [0.717, 1.165) is 5.56 Å². The van der Waals surface area contributed by atoms with Gasteiger partial charge in [0.05, 0.1) is 10.6 Å². The predicted octanol–water partition coefficient (Wildman–Crippen LogP) is 3.38. The van der Waals surface area contributed by atoms with Crippen LogP contribution in [0.15, 0.2) is 33.7 Å². The first kappa shape index (κ1) is 21.5. The van der Waals surface area contributed by atoms with E-state index >= 15 is 0 Å². The topological polar surface area (TPSA) is 83.7 Å². The molecule has 158 valence electrons. The van der Waals surface area contributed by atoms with E-state index in [4.69, 9.17) is 4.52 Å². The molecule has 7 nitrogen and oxygen atoms in total. The largest absolute Gasteiger partial charge is 0.360 e. The molecule has 29 heavy (non-hydrogen) atoms. The minimum Gasteiger partial charge on any atom is -0.360 e. The lowest BCUT2D eigenvalue weighted by molar-refractivity contribution is 0.0694. The summed E-state index contributed by atoms with van der Waals surface area (Å²) < 4.78 is 32.7. The van der Waals surface area contributed by atoms with Crippen molar-refractivity contribution < 1.29 is 17.7 Å². The second-order valence-electron chi connectivity index (χ2n) is 8.08. The van der Waals surface area contributed by atoms with Crippen LogP contribution < -0.4 is 0 Å². The van der Waals surface area contributed by atoms with Crippen molar-refractivity contribution in [1.82, 2.24) is 14.4 Å². The van der Waals surface area contributed by atoms with E-state index in [1.165, 1.54) is 4.31 Å². The van der Waals surface area contributed by atoms with Crippen molar-refractivity contribution in [2.45, 2.75) is 51.3 Å². The molecule has 1 aliphatic heterocycles. The summed E-state index contributed by atoms with van der Waals surface area (Å²) in [5.74, 6) is 0.821. The number of aromatic nitrogens is 1. The van der Waals surface area contributed by atoms with Gasteiger partial charge in [0.25, 0.3) is 5.91 Å². The lowest BCUT2D eigenvalue weighted by Crippen LogP contribution is -2.50. The number of carbonyl (C=O) groups is 1. The van der Waals surface area contributed by atoms with Crippen LogP contribution >= 0.6 is 0 Å². The Labute approximate surface area is 172 Å². The van der Waals surface area contributed by atoms with Crippen LogP contribution in [0.5, 0.6) is 0 Å². The Morgan fingerprint density at radius 1 is 1.00 bits per heavy atom. The highest BCUT2D eigenvalue weighted by molar-refractivity contribution is 7.89. The molecule has 0 saturated carbocycles. The monoisotopic (exact) mass is 419 g/mol. The van der Waals surface area contributed by atoms with E-state index in [1.54, 1.807) is 24.0 Å². The van der Waals surface area contributed by atoms with Crippen LogP contribution in [0.25, 0.3) is 0 Å². The van der Waals surface area contributed by atoms with Crippen LogP contribution in [0.1, 0.15) is 66.9 Å². The van der Waals surface area contributed by atoms with Crippen LogP contribution in [0.4, 0.5) is 0 Å². The van der Waals surface area contributed by atoms with Crippen molar-refractivity contribution >= 4 is 15.9 Å². The number of piperazine rings is 1. The molecule has 8 heteroatoms. The number of rotatable bonds is 5. The maximum atomic E-state index is 13.0. The minimum absolute atomic E-state index is 0.0469. The van der Waals surface area contributed by atoms with Gasteiger partial charge in [-0.1, -0.05) is 45.0 Å². The minimum atomic E-state index is -3.57. The molecule has 1 amide bonds. The normalized spacial score (nSPS) is 16.0. The molecular weight excluding hydrogens is 390 g/mol. The van der Waals surface area contributed by atoms with Gasteiger partial charge in [-0.3, -0.25) is 4.79 Å². The number of nitrogens with zero attached hydrogens (tertiary/aromatic N) is 3. The highest BCUT2D eigenvalue weighted by Crippen LogP contribution is 2.25. The molecule has 3 rings (SSSR count). The maximum Gasteiger partial charge on any atom is 0.259 e. The number of carbonyl (C=O) groups excluding carboxylic acids is 1. The quantitative estimate of drug-likeness (QED) is 0.742. The van der Waals surface area contributed by atoms with Crippen molar-refractivity contribution in [2.24, 2.45) is 0 Å². The number of aryl methyl sites for hydroxylation is 1. The standard InChI is InChI=1S/C21H29N3O4S/c1-14(2)17-6-8-18(9-7-17)29(26,27)24-12-10-23(11-13-24)21(25)19-16(5)22-28-20(19)15(3)4/h6-9,14-15H,10-13H2,1-5H3. The molecule has 0 radical (unpaired) electrons. The Morgan fingerprint density at radius 3 is 2.10 bits per heavy atom. The molecule has 1 aliphatic rings. The van der Waals surface area contributed by atoms with E-state index in [1.807, 2.05) is 26.0 Å². The van der Waals surface area contributed by atoms with Crippen molar-refractivity contribution in [3.05, 3.63) is 46.8 Å². The van der Waals surface area contributed by atoms with Crippen molar-refractivity contribution in [3.8, 4) is 0 Å². The Hall–Kier alpha value is -2.19. The molecule has 1 saturated heterocycles. The van der Waals surface area contributed by atoms with Crippen LogP contribution in [-0.2, 0) is 10.0 Å². The SMILES string of the molecule is Cc1noc(C(C)C)c1C(=O)N1CCN(S(=O)(=O)c2ccc(C(C)C)cc2)CC1. The smallest absolute Gasteiger partial charge is 0.259 e. The molecule has 1 aromatic heterocycles. The first-order valence-corrected chi connectivity index (χ1v) is 11.4. The van der Waals surface area contributed by atoms with Gasteiger partial charge in [-0.05, 0) is 30.5 Å². The Kier molecular flexibility index (Phi) is 6.14. The highest BCUT2D eigenvalue weighted by atomic mass is 32.2. The van der Waals surface area contributed by atoms with Crippen molar-refractivity contribution in [1.29, 1.82) is 0 Å². The average molecular weight is 420 g/mol. The van der Waals surface area contributed by atoms with Gasteiger partial charge in [0.2, 0.25) is 10.0 Å². The van der Waals surface area contributed by atoms with Gasteiger partial charge >= 0.3 is 0 Å². The predicted molar refractivity (Wildman–Crippen MR) is 111 cm³/mol. The fourth-order valence-electron chi connectivity index (χ4n) is 3.50. The maximum absolute atomic E-state index is 13.0. The summed E-state index contributed by atoms with van der Waals surface area (Å²) in [4.78, 5) is 15.0. The zero-order valence-corrected chi connectivity index (χ0v) is 18.5. The molecule has 2 heterocycles. The lowest BCUT2D eigenvalue weighted by atomic mass is 10.0. The molecule has 0 spiro atoms. The third-order valence-electron chi connectivity index (χ3n) is 5.34. The summed E-state index contributed by atoms with van der Waals surface area (Å²) in [6.45, 7) is 11.0. The molecule has 2 aromatic rings. The summed E-state index contributed by atoms with van der Waals surface area (Å²) in [5.41, 5.74) is 2.17. The second kappa shape index (κ2) is 8.28. The van der Waals surface area contributed by atoms with Gasteiger partial charge in [0, 0.05) is 32.1 Å². The van der Waals surface area contributed by atoms with Crippen molar-refractivity contribution in [2.75, 3.05) is 26.2 Å². The first-order valence-electron chi connectivity index (χ1n) is 9.98. The van der Waals surface area contributed by atoms with Crippen LogP contribution in [-0.4, -0.2) is 54.9 Å². The van der Waals surface area contributed by atoms with E-state index in [2.05, 4.69) is 19.0 Å². The fourth-order valence-corrected chi connectivity index (χ4v) is 4.93. The van der Waals surface area contributed by atoms with Gasteiger partial charge in [-0.2, -0.15) is 4.31 Å². The van der Waals surface area contributed by atoms with Crippen LogP contribution in [0.3, 0.4) is 0 Å². The van der Waals surface area contributed by atoms with Gasteiger partial charge in [0.15, 0.2) is 5.76 Å². The van der Waals surface area contributed by atoms with Crippen LogP contribution in [0.2, 0.25) is 0 Å². The van der Waals surface area contributed by atoms with Gasteiger partial charge in [0.1, 0.15) is 5.56 Å². The number of hydrogen-bond acceptors (Lipinski definition) is 5. The van der Waals surface area contributed by atoms with Gasteiger partial charge < -0.3 is 9.42 Å². The van der Waals surface area contributed by atoms with Gasteiger partial charge in [-0.25, -0.2) is 8.42 Å². The molecule has 1 fully saturated rings. The Balaban J connectivity index is 1.71. The zero-order valence-electron chi connectivity index (χ0n) is 17.7. The highest BCUT2D eigenvalue weighted by Gasteiger charge is 2.33. The first-order chi connectivity index (χ1) is 13.6. The Bertz CT molecular complexity index is 970. The van der Waals surface area contributed by atoms with E-state index < -0.39 is 10.0 Å². The molecule has 1 aromatic carbocycles. The molecule has 0 unspecified atom stereocenters. The molecular formula is C21H29N3O4S. The third kappa shape index (κ3) is 4.23. The van der Waals surface area contributed by atoms with Crippen LogP contribution in [0, 0.1) is 6.92 Å². The van der Waals surface area contributed by atoms with Gasteiger partial charge in [-0.15, -0.1) is 0 Å². The van der Waals surface area contributed by atoms with E-state index in [9.17, 15) is 13.2 Å². The number of benzene rings is 1. The second-order valence-corrected chi connectivity index (χ2v) is 10.0. The molecule has 0 N–H and O–H groups in total.